The van der Waals surface area contributed by atoms with E-state index in [0.717, 1.165) is 38.8 Å². The van der Waals surface area contributed by atoms with Gasteiger partial charge in [-0.3, -0.25) is 9.59 Å². The molecular formula is C15H20N2O2. The van der Waals surface area contributed by atoms with Gasteiger partial charge in [-0.15, -0.1) is 6.42 Å². The van der Waals surface area contributed by atoms with Crippen molar-refractivity contribution in [3.63, 3.8) is 0 Å². The van der Waals surface area contributed by atoms with Crippen molar-refractivity contribution in [2.24, 2.45) is 11.8 Å². The Morgan fingerprint density at radius 2 is 2.16 bits per heavy atom. The van der Waals surface area contributed by atoms with E-state index in [1.54, 1.807) is 6.08 Å². The maximum atomic E-state index is 11.8. The van der Waals surface area contributed by atoms with Crippen LogP contribution in [0.25, 0.3) is 0 Å². The molecule has 4 nitrogen and oxygen atoms in total. The van der Waals surface area contributed by atoms with E-state index >= 15 is 0 Å². The number of nitrogens with zero attached hydrogens (tertiary/aromatic N) is 1. The van der Waals surface area contributed by atoms with E-state index in [1.807, 2.05) is 11.0 Å². The summed E-state index contributed by atoms with van der Waals surface area (Å²) in [5.74, 6) is 3.24. The van der Waals surface area contributed by atoms with Crippen molar-refractivity contribution >= 4 is 11.8 Å². The van der Waals surface area contributed by atoms with Crippen molar-refractivity contribution in [2.75, 3.05) is 19.6 Å². The van der Waals surface area contributed by atoms with Crippen LogP contribution in [0.2, 0.25) is 0 Å². The summed E-state index contributed by atoms with van der Waals surface area (Å²) in [7, 11) is 0. The lowest BCUT2D eigenvalue weighted by Crippen LogP contribution is -2.36. The molecule has 0 radical (unpaired) electrons. The van der Waals surface area contributed by atoms with Crippen LogP contribution in [-0.4, -0.2) is 36.3 Å². The van der Waals surface area contributed by atoms with Crippen LogP contribution in [0.5, 0.6) is 0 Å². The average Bonchev–Trinajstić information content (AvgIpc) is 2.82. The number of carbonyl (C=O) groups is 2. The third-order valence-corrected chi connectivity index (χ3v) is 3.96. The highest BCUT2D eigenvalue weighted by molar-refractivity contribution is 5.89. The number of terminal acetylenes is 1. The maximum absolute atomic E-state index is 11.8. The zero-order valence-electron chi connectivity index (χ0n) is 11.1. The molecule has 19 heavy (non-hydrogen) atoms. The molecule has 1 aliphatic carbocycles. The fourth-order valence-electron chi connectivity index (χ4n) is 2.84. The number of nitrogens with one attached hydrogen (secondary N) is 1. The summed E-state index contributed by atoms with van der Waals surface area (Å²) in [6.45, 7) is 1.87. The Bertz CT molecular complexity index is 414. The van der Waals surface area contributed by atoms with Crippen molar-refractivity contribution in [1.82, 2.24) is 10.2 Å². The highest BCUT2D eigenvalue weighted by atomic mass is 16.2. The molecule has 4 heteroatoms. The molecule has 0 bridgehead atoms. The fraction of sp³-hybridized carbons (Fsp3) is 0.600. The van der Waals surface area contributed by atoms with E-state index in [1.165, 1.54) is 0 Å². The van der Waals surface area contributed by atoms with Gasteiger partial charge >= 0.3 is 0 Å². The van der Waals surface area contributed by atoms with Gasteiger partial charge in [0.1, 0.15) is 0 Å². The molecule has 1 N–H and O–H groups in total. The Morgan fingerprint density at radius 1 is 1.42 bits per heavy atom. The minimum Gasteiger partial charge on any atom is -0.345 e. The first kappa shape index (κ1) is 13.7. The third-order valence-electron chi connectivity index (χ3n) is 3.96. The first-order valence-electron chi connectivity index (χ1n) is 6.87. The SMILES string of the molecule is C#CCNC(=O)C1CCC(CN2CC=CC2=O)CC1. The largest absolute Gasteiger partial charge is 0.345 e. The minimum atomic E-state index is 0.0790. The molecule has 1 aliphatic heterocycles. The van der Waals surface area contributed by atoms with E-state index in [-0.39, 0.29) is 17.7 Å². The standard InChI is InChI=1S/C15H20N2O2/c1-2-9-16-15(19)13-7-5-12(6-8-13)11-17-10-3-4-14(17)18/h1,3-4,12-13H,5-11H2,(H,16,19). The van der Waals surface area contributed by atoms with E-state index < -0.39 is 0 Å². The van der Waals surface area contributed by atoms with Crippen LogP contribution < -0.4 is 5.32 Å². The van der Waals surface area contributed by atoms with E-state index in [2.05, 4.69) is 11.2 Å². The third kappa shape index (κ3) is 3.60. The van der Waals surface area contributed by atoms with Gasteiger partial charge in [-0.25, -0.2) is 0 Å². The number of hydrogen-bond acceptors (Lipinski definition) is 2. The Labute approximate surface area is 114 Å². The fourth-order valence-corrected chi connectivity index (χ4v) is 2.84. The monoisotopic (exact) mass is 260 g/mol. The summed E-state index contributed by atoms with van der Waals surface area (Å²) in [6.07, 6.45) is 12.5. The van der Waals surface area contributed by atoms with Crippen LogP contribution in [0.1, 0.15) is 25.7 Å². The van der Waals surface area contributed by atoms with Crippen LogP contribution in [0.4, 0.5) is 0 Å². The number of hydrogen-bond donors (Lipinski definition) is 1. The molecule has 0 atom stereocenters. The van der Waals surface area contributed by atoms with Gasteiger partial charge < -0.3 is 10.2 Å². The lowest BCUT2D eigenvalue weighted by Gasteiger charge is -2.30. The molecule has 2 rings (SSSR count). The molecule has 0 spiro atoms. The molecule has 102 valence electrons. The summed E-state index contributed by atoms with van der Waals surface area (Å²) in [4.78, 5) is 25.2. The zero-order chi connectivity index (χ0) is 13.7. The van der Waals surface area contributed by atoms with Gasteiger partial charge in [-0.1, -0.05) is 12.0 Å². The van der Waals surface area contributed by atoms with Gasteiger partial charge in [0.25, 0.3) is 0 Å². The Morgan fingerprint density at radius 3 is 2.74 bits per heavy atom. The molecule has 1 saturated carbocycles. The average molecular weight is 260 g/mol. The van der Waals surface area contributed by atoms with Crippen LogP contribution >= 0.6 is 0 Å². The predicted molar refractivity (Wildman–Crippen MR) is 73.0 cm³/mol. The van der Waals surface area contributed by atoms with Crippen LogP contribution in [-0.2, 0) is 9.59 Å². The normalized spacial score (nSPS) is 26.3. The van der Waals surface area contributed by atoms with E-state index in [9.17, 15) is 9.59 Å². The first-order valence-corrected chi connectivity index (χ1v) is 6.87. The van der Waals surface area contributed by atoms with Gasteiger partial charge in [-0.05, 0) is 31.6 Å². The van der Waals surface area contributed by atoms with Gasteiger partial charge in [0.2, 0.25) is 11.8 Å². The number of rotatable bonds is 4. The van der Waals surface area contributed by atoms with Crippen molar-refractivity contribution in [2.45, 2.75) is 25.7 Å². The highest BCUT2D eigenvalue weighted by Crippen LogP contribution is 2.29. The van der Waals surface area contributed by atoms with Crippen molar-refractivity contribution in [1.29, 1.82) is 0 Å². The van der Waals surface area contributed by atoms with Crippen molar-refractivity contribution in [3.05, 3.63) is 12.2 Å². The smallest absolute Gasteiger partial charge is 0.246 e. The van der Waals surface area contributed by atoms with Crippen LogP contribution in [0.3, 0.4) is 0 Å². The second-order valence-electron chi connectivity index (χ2n) is 5.29. The molecule has 0 saturated heterocycles. The Balaban J connectivity index is 1.72. The molecule has 2 aliphatic rings. The quantitative estimate of drug-likeness (QED) is 0.765. The van der Waals surface area contributed by atoms with E-state index in [0.29, 0.717) is 12.5 Å². The lowest BCUT2D eigenvalue weighted by molar-refractivity contribution is -0.127. The maximum Gasteiger partial charge on any atom is 0.246 e. The van der Waals surface area contributed by atoms with Crippen LogP contribution in [0.15, 0.2) is 12.2 Å². The molecule has 1 fully saturated rings. The minimum absolute atomic E-state index is 0.0790. The summed E-state index contributed by atoms with van der Waals surface area (Å²) < 4.78 is 0. The van der Waals surface area contributed by atoms with Gasteiger partial charge in [0.05, 0.1) is 6.54 Å². The first-order chi connectivity index (χ1) is 9.20. The number of carbonyl (C=O) groups excluding carboxylic acids is 2. The highest BCUT2D eigenvalue weighted by Gasteiger charge is 2.28. The van der Waals surface area contributed by atoms with Gasteiger partial charge in [0.15, 0.2) is 0 Å². The second-order valence-corrected chi connectivity index (χ2v) is 5.29. The van der Waals surface area contributed by atoms with Crippen LogP contribution in [0, 0.1) is 24.2 Å². The van der Waals surface area contributed by atoms with Gasteiger partial charge in [-0.2, -0.15) is 0 Å². The summed E-state index contributed by atoms with van der Waals surface area (Å²) in [5.41, 5.74) is 0. The topological polar surface area (TPSA) is 49.4 Å². The zero-order valence-corrected chi connectivity index (χ0v) is 11.1. The second kappa shape index (κ2) is 6.42. The molecule has 0 aromatic rings. The molecular weight excluding hydrogens is 240 g/mol. The number of amides is 2. The molecule has 0 unspecified atom stereocenters. The Kier molecular flexibility index (Phi) is 4.62. The molecule has 2 amide bonds. The summed E-state index contributed by atoms with van der Waals surface area (Å²) in [6, 6.07) is 0. The lowest BCUT2D eigenvalue weighted by atomic mass is 9.81. The summed E-state index contributed by atoms with van der Waals surface area (Å²) >= 11 is 0. The predicted octanol–water partition coefficient (Wildman–Crippen LogP) is 0.941. The Hall–Kier alpha value is -1.76. The van der Waals surface area contributed by atoms with Gasteiger partial charge in [0, 0.05) is 25.1 Å². The molecule has 1 heterocycles. The summed E-state index contributed by atoms with van der Waals surface area (Å²) in [5, 5.41) is 2.75. The van der Waals surface area contributed by atoms with Crippen molar-refractivity contribution < 1.29 is 9.59 Å². The van der Waals surface area contributed by atoms with E-state index in [4.69, 9.17) is 6.42 Å². The molecule has 0 aromatic carbocycles. The van der Waals surface area contributed by atoms with Crippen molar-refractivity contribution in [3.8, 4) is 12.3 Å². The molecule has 0 aromatic heterocycles.